The largest absolute Gasteiger partial charge is 0.508 e. The highest BCUT2D eigenvalue weighted by Crippen LogP contribution is 2.31. The van der Waals surface area contributed by atoms with Crippen molar-refractivity contribution in [2.75, 3.05) is 13.1 Å². The molecule has 0 aliphatic carbocycles. The fourth-order valence-corrected chi connectivity index (χ4v) is 2.53. The molecule has 1 aliphatic heterocycles. The molecule has 1 aliphatic rings. The van der Waals surface area contributed by atoms with Crippen molar-refractivity contribution in [2.45, 2.75) is 18.8 Å². The number of rotatable bonds is 1. The Labute approximate surface area is 92.5 Å². The second kappa shape index (κ2) is 4.32. The Bertz CT molecular complexity index is 321. The molecule has 1 atom stereocenters. The molecule has 3 heteroatoms. The lowest BCUT2D eigenvalue weighted by Crippen LogP contribution is -2.28. The molecule has 76 valence electrons. The highest BCUT2D eigenvalue weighted by molar-refractivity contribution is 9.10. The summed E-state index contributed by atoms with van der Waals surface area (Å²) in [5, 5.41) is 12.8. The van der Waals surface area contributed by atoms with E-state index in [9.17, 15) is 5.11 Å². The van der Waals surface area contributed by atoms with Gasteiger partial charge in [0, 0.05) is 11.0 Å². The minimum Gasteiger partial charge on any atom is -0.508 e. The predicted molar refractivity (Wildman–Crippen MR) is 60.7 cm³/mol. The third kappa shape index (κ3) is 2.10. The van der Waals surface area contributed by atoms with Crippen molar-refractivity contribution < 1.29 is 5.11 Å². The summed E-state index contributed by atoms with van der Waals surface area (Å²) >= 11 is 3.53. The summed E-state index contributed by atoms with van der Waals surface area (Å²) in [7, 11) is 0. The molecule has 0 amide bonds. The maximum absolute atomic E-state index is 9.43. The molecule has 0 bridgehead atoms. The summed E-state index contributed by atoms with van der Waals surface area (Å²) in [5.74, 6) is 0.888. The number of nitrogens with one attached hydrogen (secondary N) is 1. The molecule has 1 saturated heterocycles. The summed E-state index contributed by atoms with van der Waals surface area (Å²) in [6.07, 6.45) is 2.42. The molecule has 14 heavy (non-hydrogen) atoms. The fourth-order valence-electron chi connectivity index (χ4n) is 1.96. The van der Waals surface area contributed by atoms with Gasteiger partial charge in [-0.1, -0.05) is 15.9 Å². The van der Waals surface area contributed by atoms with E-state index >= 15 is 0 Å². The molecule has 1 aromatic rings. The number of hydrogen-bond donors (Lipinski definition) is 2. The van der Waals surface area contributed by atoms with Crippen molar-refractivity contribution in [3.8, 4) is 5.75 Å². The van der Waals surface area contributed by atoms with Gasteiger partial charge in [0.1, 0.15) is 5.75 Å². The standard InChI is InChI=1S/C11H14BrNO/c12-11-4-3-9(14)6-10(11)8-2-1-5-13-7-8/h3-4,6,8,13-14H,1-2,5,7H2. The number of aromatic hydroxyl groups is 1. The summed E-state index contributed by atoms with van der Waals surface area (Å²) in [6.45, 7) is 2.13. The van der Waals surface area contributed by atoms with Crippen LogP contribution in [0.25, 0.3) is 0 Å². The van der Waals surface area contributed by atoms with E-state index in [1.54, 1.807) is 6.07 Å². The van der Waals surface area contributed by atoms with Crippen LogP contribution in [0.5, 0.6) is 5.75 Å². The lowest BCUT2D eigenvalue weighted by molar-refractivity contribution is 0.451. The molecule has 1 heterocycles. The number of phenolic OH excluding ortho intramolecular Hbond substituents is 1. The van der Waals surface area contributed by atoms with Gasteiger partial charge in [-0.25, -0.2) is 0 Å². The summed E-state index contributed by atoms with van der Waals surface area (Å²) < 4.78 is 1.10. The average molecular weight is 256 g/mol. The van der Waals surface area contributed by atoms with Gasteiger partial charge in [-0.15, -0.1) is 0 Å². The van der Waals surface area contributed by atoms with Crippen molar-refractivity contribution in [3.63, 3.8) is 0 Å². The summed E-state index contributed by atoms with van der Waals surface area (Å²) in [5.41, 5.74) is 1.22. The van der Waals surface area contributed by atoms with Gasteiger partial charge in [0.2, 0.25) is 0 Å². The second-order valence-corrected chi connectivity index (χ2v) is 4.60. The third-order valence-corrected chi connectivity index (χ3v) is 3.44. The van der Waals surface area contributed by atoms with E-state index in [0.29, 0.717) is 11.7 Å². The minimum atomic E-state index is 0.355. The second-order valence-electron chi connectivity index (χ2n) is 3.75. The van der Waals surface area contributed by atoms with Gasteiger partial charge in [-0.3, -0.25) is 0 Å². The smallest absolute Gasteiger partial charge is 0.115 e. The predicted octanol–water partition coefficient (Wildman–Crippen LogP) is 2.62. The highest BCUT2D eigenvalue weighted by atomic mass is 79.9. The summed E-state index contributed by atoms with van der Waals surface area (Å²) in [4.78, 5) is 0. The zero-order chi connectivity index (χ0) is 9.97. The Morgan fingerprint density at radius 1 is 1.43 bits per heavy atom. The Kier molecular flexibility index (Phi) is 3.08. The van der Waals surface area contributed by atoms with Crippen LogP contribution in [0.3, 0.4) is 0 Å². The van der Waals surface area contributed by atoms with Crippen molar-refractivity contribution >= 4 is 15.9 Å². The van der Waals surface area contributed by atoms with Gasteiger partial charge in [0.15, 0.2) is 0 Å². The number of piperidine rings is 1. The molecule has 0 radical (unpaired) electrons. The first-order valence-electron chi connectivity index (χ1n) is 4.96. The molecule has 1 fully saturated rings. The Morgan fingerprint density at radius 2 is 2.29 bits per heavy atom. The van der Waals surface area contributed by atoms with Crippen LogP contribution in [0.15, 0.2) is 22.7 Å². The van der Waals surface area contributed by atoms with E-state index in [1.165, 1.54) is 18.4 Å². The van der Waals surface area contributed by atoms with Gasteiger partial charge < -0.3 is 10.4 Å². The fraction of sp³-hybridized carbons (Fsp3) is 0.455. The van der Waals surface area contributed by atoms with Crippen molar-refractivity contribution in [1.82, 2.24) is 5.32 Å². The zero-order valence-electron chi connectivity index (χ0n) is 7.96. The maximum Gasteiger partial charge on any atom is 0.115 e. The van der Waals surface area contributed by atoms with E-state index in [-0.39, 0.29) is 0 Å². The van der Waals surface area contributed by atoms with Crippen LogP contribution in [0, 0.1) is 0 Å². The Hall–Kier alpha value is -0.540. The molecule has 0 aromatic heterocycles. The molecule has 0 saturated carbocycles. The van der Waals surface area contributed by atoms with Crippen molar-refractivity contribution in [3.05, 3.63) is 28.2 Å². The number of phenols is 1. The molecule has 1 unspecified atom stereocenters. The number of halogens is 1. The molecule has 2 nitrogen and oxygen atoms in total. The topological polar surface area (TPSA) is 32.3 Å². The monoisotopic (exact) mass is 255 g/mol. The van der Waals surface area contributed by atoms with E-state index < -0.39 is 0 Å². The number of benzene rings is 1. The van der Waals surface area contributed by atoms with Crippen molar-refractivity contribution in [2.24, 2.45) is 0 Å². The van der Waals surface area contributed by atoms with Crippen LogP contribution in [-0.2, 0) is 0 Å². The van der Waals surface area contributed by atoms with Crippen molar-refractivity contribution in [1.29, 1.82) is 0 Å². The average Bonchev–Trinajstić information content (AvgIpc) is 2.23. The molecular formula is C11H14BrNO. The quantitative estimate of drug-likeness (QED) is 0.809. The molecule has 0 spiro atoms. The number of hydrogen-bond acceptors (Lipinski definition) is 2. The third-order valence-electron chi connectivity index (χ3n) is 2.72. The Balaban J connectivity index is 2.24. The van der Waals surface area contributed by atoms with Crippen LogP contribution in [0.4, 0.5) is 0 Å². The van der Waals surface area contributed by atoms with E-state index in [2.05, 4.69) is 21.2 Å². The maximum atomic E-state index is 9.43. The van der Waals surface area contributed by atoms with Gasteiger partial charge >= 0.3 is 0 Å². The summed E-state index contributed by atoms with van der Waals surface area (Å²) in [6, 6.07) is 5.49. The van der Waals surface area contributed by atoms with Crippen LogP contribution >= 0.6 is 15.9 Å². The lowest BCUT2D eigenvalue weighted by atomic mass is 9.92. The normalized spacial score (nSPS) is 22.2. The SMILES string of the molecule is Oc1ccc(Br)c(C2CCCNC2)c1. The highest BCUT2D eigenvalue weighted by Gasteiger charge is 2.17. The first-order chi connectivity index (χ1) is 6.77. The van der Waals surface area contributed by atoms with E-state index in [4.69, 9.17) is 0 Å². The zero-order valence-corrected chi connectivity index (χ0v) is 9.55. The van der Waals surface area contributed by atoms with Gasteiger partial charge in [-0.2, -0.15) is 0 Å². The molecule has 1 aromatic carbocycles. The minimum absolute atomic E-state index is 0.355. The molecular weight excluding hydrogens is 242 g/mol. The molecule has 2 N–H and O–H groups in total. The van der Waals surface area contributed by atoms with E-state index in [0.717, 1.165) is 17.6 Å². The van der Waals surface area contributed by atoms with E-state index in [1.807, 2.05) is 12.1 Å². The van der Waals surface area contributed by atoms with Crippen LogP contribution in [0.2, 0.25) is 0 Å². The molecule has 2 rings (SSSR count). The van der Waals surface area contributed by atoms with Gasteiger partial charge in [0.25, 0.3) is 0 Å². The van der Waals surface area contributed by atoms with Crippen LogP contribution in [-0.4, -0.2) is 18.2 Å². The Morgan fingerprint density at radius 3 is 3.00 bits per heavy atom. The first-order valence-corrected chi connectivity index (χ1v) is 5.76. The van der Waals surface area contributed by atoms with Gasteiger partial charge in [-0.05, 0) is 49.1 Å². The lowest BCUT2D eigenvalue weighted by Gasteiger charge is -2.24. The first kappa shape index (κ1) is 9.99. The van der Waals surface area contributed by atoms with Gasteiger partial charge in [0.05, 0.1) is 0 Å². The van der Waals surface area contributed by atoms with Crippen LogP contribution in [0.1, 0.15) is 24.3 Å². The van der Waals surface area contributed by atoms with Crippen LogP contribution < -0.4 is 5.32 Å².